The minimum atomic E-state index is -5.77. The summed E-state index contributed by atoms with van der Waals surface area (Å²) in [6.07, 6.45) is -8.44. The third kappa shape index (κ3) is 14.2. The summed E-state index contributed by atoms with van der Waals surface area (Å²) in [5.41, 5.74) is 8.57. The van der Waals surface area contributed by atoms with E-state index in [1.807, 2.05) is 30.3 Å². The van der Waals surface area contributed by atoms with Crippen molar-refractivity contribution in [2.24, 2.45) is 10.7 Å². The predicted octanol–water partition coefficient (Wildman–Crippen LogP) is 3.80. The van der Waals surface area contributed by atoms with E-state index in [-0.39, 0.29) is 25.5 Å². The van der Waals surface area contributed by atoms with Crippen molar-refractivity contribution in [3.63, 3.8) is 0 Å². The van der Waals surface area contributed by atoms with E-state index in [2.05, 4.69) is 25.9 Å². The van der Waals surface area contributed by atoms with Crippen molar-refractivity contribution in [1.82, 2.24) is 15.6 Å². The molecule has 0 saturated heterocycles. The summed E-state index contributed by atoms with van der Waals surface area (Å²) in [5, 5.41) is 8.31. The van der Waals surface area contributed by atoms with Crippen LogP contribution in [0.2, 0.25) is 0 Å². The number of esters is 1. The topological polar surface area (TPSA) is 182 Å². The van der Waals surface area contributed by atoms with Gasteiger partial charge in [0.05, 0.1) is 32.2 Å². The van der Waals surface area contributed by atoms with Crippen molar-refractivity contribution in [2.45, 2.75) is 38.3 Å². The zero-order valence-electron chi connectivity index (χ0n) is 25.6. The van der Waals surface area contributed by atoms with Gasteiger partial charge in [-0.25, -0.2) is 4.99 Å². The lowest BCUT2D eigenvalue weighted by molar-refractivity contribution is -0.193. The Morgan fingerprint density at radius 1 is 0.898 bits per heavy atom. The van der Waals surface area contributed by atoms with E-state index >= 15 is 0 Å². The molecule has 18 heteroatoms. The maximum absolute atomic E-state index is 12.7. The number of alkyl halides is 6. The fourth-order valence-corrected chi connectivity index (χ4v) is 3.67. The number of ketones is 2. The molecule has 5 N–H and O–H groups in total. The fourth-order valence-electron chi connectivity index (χ4n) is 3.67. The molecule has 2 amide bonds. The molecule has 0 radical (unpaired) electrons. The smallest absolute Gasteiger partial charge is 0.458 e. The molecule has 1 aromatic heterocycles. The Hall–Kier alpha value is -5.81. The molecule has 3 aromatic rings. The summed E-state index contributed by atoms with van der Waals surface area (Å²) in [6.45, 7) is 2.09. The molecule has 0 aliphatic rings. The molecule has 262 valence electrons. The number of hydrogen-bond acceptors (Lipinski definition) is 8. The Morgan fingerprint density at radius 3 is 2.12 bits per heavy atom. The zero-order chi connectivity index (χ0) is 36.6. The number of amides is 2. The van der Waals surface area contributed by atoms with E-state index in [1.165, 1.54) is 0 Å². The van der Waals surface area contributed by atoms with Gasteiger partial charge in [-0.15, -0.1) is 0 Å². The number of ether oxygens (including phenoxy) is 1. The third-order valence-corrected chi connectivity index (χ3v) is 5.90. The van der Waals surface area contributed by atoms with Crippen LogP contribution >= 0.6 is 0 Å². The van der Waals surface area contributed by atoms with Crippen LogP contribution in [-0.4, -0.2) is 65.8 Å². The quantitative estimate of drug-likeness (QED) is 0.0720. The summed E-state index contributed by atoms with van der Waals surface area (Å²) in [4.78, 5) is 64.8. The number of hydrogen-bond donors (Lipinski definition) is 4. The SMILES string of the molecule is CCOC(=O)CC(NC(=O)CNC(=O)c1cccc(NC(N)=NCc2ccccc2)c1)c1cccnc1.O=C(C(=O)C(F)(F)F)C(F)(F)F. The average molecular weight is 697 g/mol. The Morgan fingerprint density at radius 2 is 1.55 bits per heavy atom. The maximum atomic E-state index is 12.7. The number of nitrogens with one attached hydrogen (secondary N) is 3. The Balaban J connectivity index is 0.000000591. The second-order valence-electron chi connectivity index (χ2n) is 9.64. The summed E-state index contributed by atoms with van der Waals surface area (Å²) >= 11 is 0. The molecule has 1 atom stereocenters. The van der Waals surface area contributed by atoms with Gasteiger partial charge in [-0.05, 0) is 42.3 Å². The Kier molecular flexibility index (Phi) is 14.9. The first kappa shape index (κ1) is 39.4. The number of aromatic nitrogens is 1. The van der Waals surface area contributed by atoms with E-state index in [4.69, 9.17) is 10.5 Å². The van der Waals surface area contributed by atoms with Crippen molar-refractivity contribution >= 4 is 41.0 Å². The van der Waals surface area contributed by atoms with Gasteiger partial charge in [-0.2, -0.15) is 26.3 Å². The number of nitrogens with two attached hydrogens (primary N) is 1. The molecule has 12 nitrogen and oxygen atoms in total. The first-order valence-electron chi connectivity index (χ1n) is 14.1. The van der Waals surface area contributed by atoms with E-state index in [9.17, 15) is 50.3 Å². The van der Waals surface area contributed by atoms with Crippen LogP contribution in [0.3, 0.4) is 0 Å². The van der Waals surface area contributed by atoms with Gasteiger partial charge in [0.2, 0.25) is 5.91 Å². The molecule has 2 aromatic carbocycles. The highest BCUT2D eigenvalue weighted by Crippen LogP contribution is 2.24. The summed E-state index contributed by atoms with van der Waals surface area (Å²) in [6, 6.07) is 19.2. The number of carbonyl (C=O) groups is 5. The lowest BCUT2D eigenvalue weighted by atomic mass is 10.1. The number of benzene rings is 2. The predicted molar refractivity (Wildman–Crippen MR) is 163 cm³/mol. The van der Waals surface area contributed by atoms with E-state index in [0.717, 1.165) is 5.56 Å². The normalized spacial score (nSPS) is 12.0. The standard InChI is InChI=1S/C27H30N6O4.C4F6O2/c1-2-37-25(35)15-23(21-11-7-13-29-17-21)33-24(34)18-30-26(36)20-10-6-12-22(14-20)32-27(28)31-16-19-8-4-3-5-9-19;5-3(6,7)1(11)2(12)4(8,9)10/h3-14,17,23H,2,15-16,18H2,1H3,(H,30,36)(H,33,34)(H3,28,31,32);. The van der Waals surface area contributed by atoms with Crippen LogP contribution in [0.1, 0.15) is 40.9 Å². The van der Waals surface area contributed by atoms with Crippen LogP contribution in [-0.2, 0) is 30.5 Å². The molecule has 0 aliphatic carbocycles. The highest BCUT2D eigenvalue weighted by atomic mass is 19.4. The molecule has 0 saturated carbocycles. The molecular formula is C31H30F6N6O6. The van der Waals surface area contributed by atoms with Gasteiger partial charge in [-0.3, -0.25) is 29.0 Å². The van der Waals surface area contributed by atoms with E-state index in [0.29, 0.717) is 23.4 Å². The molecule has 0 aliphatic heterocycles. The second-order valence-corrected chi connectivity index (χ2v) is 9.64. The highest BCUT2D eigenvalue weighted by molar-refractivity contribution is 6.41. The zero-order valence-corrected chi connectivity index (χ0v) is 25.6. The van der Waals surface area contributed by atoms with Gasteiger partial charge in [-0.1, -0.05) is 42.5 Å². The molecular weight excluding hydrogens is 666 g/mol. The van der Waals surface area contributed by atoms with Gasteiger partial charge in [0.25, 0.3) is 5.91 Å². The summed E-state index contributed by atoms with van der Waals surface area (Å²) < 4.78 is 72.0. The number of pyridine rings is 1. The largest absolute Gasteiger partial charge is 0.466 e. The summed E-state index contributed by atoms with van der Waals surface area (Å²) in [7, 11) is 0. The fraction of sp³-hybridized carbons (Fsp3) is 0.258. The van der Waals surface area contributed by atoms with Crippen LogP contribution in [0.25, 0.3) is 0 Å². The number of halogens is 6. The number of Topliss-reactive ketones (excluding diaryl/α,β-unsaturated/α-hetero) is 2. The Labute approximate surface area is 275 Å². The number of rotatable bonds is 12. The Bertz CT molecular complexity index is 1590. The molecule has 1 unspecified atom stereocenters. The van der Waals surface area contributed by atoms with Gasteiger partial charge >= 0.3 is 29.9 Å². The van der Waals surface area contributed by atoms with E-state index < -0.39 is 47.7 Å². The van der Waals surface area contributed by atoms with Crippen LogP contribution in [0, 0.1) is 0 Å². The van der Waals surface area contributed by atoms with Crippen molar-refractivity contribution < 1.29 is 55.1 Å². The number of aliphatic imine (C=N–C) groups is 1. The van der Waals surface area contributed by atoms with Crippen LogP contribution in [0.15, 0.2) is 84.1 Å². The summed E-state index contributed by atoms with van der Waals surface area (Å²) in [5.74, 6) is -7.95. The number of anilines is 1. The number of carbonyl (C=O) groups excluding carboxylic acids is 5. The highest BCUT2D eigenvalue weighted by Gasteiger charge is 2.54. The average Bonchev–Trinajstić information content (AvgIpc) is 3.06. The van der Waals surface area contributed by atoms with Crippen LogP contribution < -0.4 is 21.7 Å². The van der Waals surface area contributed by atoms with Crippen molar-refractivity contribution in [1.29, 1.82) is 0 Å². The molecule has 0 bridgehead atoms. The van der Waals surface area contributed by atoms with E-state index in [1.54, 1.807) is 55.7 Å². The first-order chi connectivity index (χ1) is 23.0. The van der Waals surface area contributed by atoms with Gasteiger partial charge in [0.1, 0.15) is 0 Å². The molecule has 0 fully saturated rings. The van der Waals surface area contributed by atoms with Crippen molar-refractivity contribution in [2.75, 3.05) is 18.5 Å². The van der Waals surface area contributed by atoms with Gasteiger partial charge in [0.15, 0.2) is 5.96 Å². The maximum Gasteiger partial charge on any atom is 0.458 e. The minimum Gasteiger partial charge on any atom is -0.466 e. The van der Waals surface area contributed by atoms with Crippen molar-refractivity contribution in [3.05, 3.63) is 95.8 Å². The first-order valence-corrected chi connectivity index (χ1v) is 14.1. The van der Waals surface area contributed by atoms with Crippen LogP contribution in [0.5, 0.6) is 0 Å². The second kappa shape index (κ2) is 18.5. The van der Waals surface area contributed by atoms with Gasteiger partial charge < -0.3 is 26.4 Å². The third-order valence-electron chi connectivity index (χ3n) is 5.90. The minimum absolute atomic E-state index is 0.0554. The molecule has 1 heterocycles. The molecule has 49 heavy (non-hydrogen) atoms. The van der Waals surface area contributed by atoms with Crippen molar-refractivity contribution in [3.8, 4) is 0 Å². The van der Waals surface area contributed by atoms with Crippen LogP contribution in [0.4, 0.5) is 32.0 Å². The number of nitrogens with zero attached hydrogens (tertiary/aromatic N) is 2. The lowest BCUT2D eigenvalue weighted by Gasteiger charge is -2.18. The molecule has 0 spiro atoms. The number of guanidine groups is 1. The molecule has 3 rings (SSSR count). The van der Waals surface area contributed by atoms with Gasteiger partial charge in [0, 0.05) is 23.6 Å². The lowest BCUT2D eigenvalue weighted by Crippen LogP contribution is -2.39. The monoisotopic (exact) mass is 696 g/mol.